The fourth-order valence-corrected chi connectivity index (χ4v) is 0.479. The number of amides is 1. The fourth-order valence-electron chi connectivity index (χ4n) is 0.479. The van der Waals surface area contributed by atoms with Crippen molar-refractivity contribution in [2.45, 2.75) is 0 Å². The molecule has 0 aliphatic heterocycles. The van der Waals surface area contributed by atoms with E-state index in [1.807, 2.05) is 0 Å². The number of hydrogen-bond donors (Lipinski definition) is 2. The van der Waals surface area contributed by atoms with Crippen LogP contribution in [0.15, 0.2) is 17.0 Å². The number of nitrogens with zero attached hydrogens (tertiary/aromatic N) is 1. The van der Waals surface area contributed by atoms with E-state index in [4.69, 9.17) is 5.73 Å². The summed E-state index contributed by atoms with van der Waals surface area (Å²) < 4.78 is 4.45. The van der Waals surface area contributed by atoms with Gasteiger partial charge in [0.05, 0.1) is 12.7 Å². The Balaban J connectivity index is 2.48. The van der Waals surface area contributed by atoms with Crippen molar-refractivity contribution >= 4 is 11.6 Å². The first-order chi connectivity index (χ1) is 4.83. The van der Waals surface area contributed by atoms with Crippen LogP contribution in [0.3, 0.4) is 0 Å². The zero-order chi connectivity index (χ0) is 7.40. The zero-order valence-corrected chi connectivity index (χ0v) is 5.20. The number of nitrogens with two attached hydrogens (primary N) is 1. The molecule has 5 heteroatoms. The minimum Gasteiger partial charge on any atom is -0.363 e. The Hall–Kier alpha value is -1.36. The Labute approximate surface area is 57.2 Å². The van der Waals surface area contributed by atoms with E-state index < -0.39 is 0 Å². The van der Waals surface area contributed by atoms with Gasteiger partial charge in [0.2, 0.25) is 5.91 Å². The van der Waals surface area contributed by atoms with Gasteiger partial charge in [-0.3, -0.25) is 4.79 Å². The summed E-state index contributed by atoms with van der Waals surface area (Å²) in [5, 5.41) is 5.83. The Bertz CT molecular complexity index is 207. The lowest BCUT2D eigenvalue weighted by Crippen LogP contribution is -2.21. The summed E-state index contributed by atoms with van der Waals surface area (Å²) in [6.45, 7) is -0.0365. The third kappa shape index (κ3) is 1.56. The molecular formula is C5H7N3O2. The van der Waals surface area contributed by atoms with E-state index in [0.717, 1.165) is 0 Å². The molecule has 5 nitrogen and oxygen atoms in total. The van der Waals surface area contributed by atoms with E-state index in [0.29, 0.717) is 5.69 Å². The third-order valence-corrected chi connectivity index (χ3v) is 0.901. The van der Waals surface area contributed by atoms with Crippen LogP contribution in [0.1, 0.15) is 0 Å². The maximum Gasteiger partial charge on any atom is 0.238 e. The van der Waals surface area contributed by atoms with Gasteiger partial charge in [-0.05, 0) is 0 Å². The van der Waals surface area contributed by atoms with Gasteiger partial charge in [-0.2, -0.15) is 0 Å². The topological polar surface area (TPSA) is 81.2 Å². The van der Waals surface area contributed by atoms with Crippen molar-refractivity contribution < 1.29 is 9.32 Å². The maximum absolute atomic E-state index is 10.6. The van der Waals surface area contributed by atoms with E-state index in [1.54, 1.807) is 0 Å². The van der Waals surface area contributed by atoms with Gasteiger partial charge < -0.3 is 15.6 Å². The SMILES string of the molecule is NCC(=O)Nc1cnoc1. The van der Waals surface area contributed by atoms with Crippen LogP contribution in [0, 0.1) is 0 Å². The molecule has 0 spiro atoms. The van der Waals surface area contributed by atoms with Crippen LogP contribution in [0.25, 0.3) is 0 Å². The molecule has 0 atom stereocenters. The Morgan fingerprint density at radius 1 is 1.90 bits per heavy atom. The molecule has 10 heavy (non-hydrogen) atoms. The highest BCUT2D eigenvalue weighted by Crippen LogP contribution is 2.01. The van der Waals surface area contributed by atoms with Gasteiger partial charge in [0.1, 0.15) is 12.0 Å². The molecule has 0 fully saturated rings. The van der Waals surface area contributed by atoms with Gasteiger partial charge in [0, 0.05) is 0 Å². The Morgan fingerprint density at radius 2 is 2.70 bits per heavy atom. The van der Waals surface area contributed by atoms with Crippen molar-refractivity contribution in [1.29, 1.82) is 0 Å². The van der Waals surface area contributed by atoms with Crippen molar-refractivity contribution in [2.24, 2.45) is 5.73 Å². The number of carbonyl (C=O) groups is 1. The standard InChI is InChI=1S/C5H7N3O2/c6-1-5(9)8-4-2-7-10-3-4/h2-3H,1,6H2,(H,8,9). The Morgan fingerprint density at radius 3 is 3.20 bits per heavy atom. The molecule has 0 saturated carbocycles. The maximum atomic E-state index is 10.6. The molecule has 1 amide bonds. The molecule has 3 N–H and O–H groups in total. The second-order valence-electron chi connectivity index (χ2n) is 1.67. The number of nitrogens with one attached hydrogen (secondary N) is 1. The van der Waals surface area contributed by atoms with Crippen LogP contribution in [-0.4, -0.2) is 17.6 Å². The van der Waals surface area contributed by atoms with Crippen molar-refractivity contribution in [3.8, 4) is 0 Å². The van der Waals surface area contributed by atoms with Gasteiger partial charge in [-0.15, -0.1) is 0 Å². The normalized spacial score (nSPS) is 9.30. The van der Waals surface area contributed by atoms with E-state index >= 15 is 0 Å². The van der Waals surface area contributed by atoms with Crippen LogP contribution >= 0.6 is 0 Å². The lowest BCUT2D eigenvalue weighted by Gasteiger charge is -1.94. The van der Waals surface area contributed by atoms with Crippen molar-refractivity contribution in [3.05, 3.63) is 12.5 Å². The lowest BCUT2D eigenvalue weighted by molar-refractivity contribution is -0.114. The molecule has 1 aromatic heterocycles. The molecule has 54 valence electrons. The van der Waals surface area contributed by atoms with E-state index in [2.05, 4.69) is 15.0 Å². The summed E-state index contributed by atoms with van der Waals surface area (Å²) in [6, 6.07) is 0. The van der Waals surface area contributed by atoms with Crippen molar-refractivity contribution in [3.63, 3.8) is 0 Å². The predicted molar refractivity (Wildman–Crippen MR) is 34.2 cm³/mol. The van der Waals surface area contributed by atoms with Gasteiger partial charge in [-0.25, -0.2) is 0 Å². The third-order valence-electron chi connectivity index (χ3n) is 0.901. The van der Waals surface area contributed by atoms with Gasteiger partial charge >= 0.3 is 0 Å². The summed E-state index contributed by atoms with van der Waals surface area (Å²) in [4.78, 5) is 10.6. The summed E-state index contributed by atoms with van der Waals surface area (Å²) in [5.41, 5.74) is 5.55. The number of hydrogen-bond acceptors (Lipinski definition) is 4. The molecule has 0 aromatic carbocycles. The Kier molecular flexibility index (Phi) is 2.01. The van der Waals surface area contributed by atoms with E-state index in [-0.39, 0.29) is 12.5 Å². The lowest BCUT2D eigenvalue weighted by atomic mass is 10.5. The monoisotopic (exact) mass is 141 g/mol. The van der Waals surface area contributed by atoms with Crippen molar-refractivity contribution in [2.75, 3.05) is 11.9 Å². The molecule has 0 bridgehead atoms. The van der Waals surface area contributed by atoms with Crippen LogP contribution in [0.2, 0.25) is 0 Å². The number of carbonyl (C=O) groups excluding carboxylic acids is 1. The number of aromatic nitrogens is 1. The van der Waals surface area contributed by atoms with Gasteiger partial charge in [-0.1, -0.05) is 5.16 Å². The number of rotatable bonds is 2. The molecule has 0 aliphatic carbocycles. The van der Waals surface area contributed by atoms with Crippen LogP contribution in [0.5, 0.6) is 0 Å². The highest BCUT2D eigenvalue weighted by atomic mass is 16.5. The highest BCUT2D eigenvalue weighted by molar-refractivity contribution is 5.91. The molecular weight excluding hydrogens is 134 g/mol. The quantitative estimate of drug-likeness (QED) is 0.585. The molecule has 1 aromatic rings. The molecule has 0 unspecified atom stereocenters. The minimum atomic E-state index is -0.261. The van der Waals surface area contributed by atoms with Crippen molar-refractivity contribution in [1.82, 2.24) is 5.16 Å². The summed E-state index contributed by atoms with van der Waals surface area (Å²) in [5.74, 6) is -0.261. The fraction of sp³-hybridized carbons (Fsp3) is 0.200. The summed E-state index contributed by atoms with van der Waals surface area (Å²) in [6.07, 6.45) is 2.72. The van der Waals surface area contributed by atoms with Crippen LogP contribution in [-0.2, 0) is 4.79 Å². The van der Waals surface area contributed by atoms with Gasteiger partial charge in [0.15, 0.2) is 0 Å². The highest BCUT2D eigenvalue weighted by Gasteiger charge is 1.98. The average molecular weight is 141 g/mol. The minimum absolute atomic E-state index is 0.0365. The predicted octanol–water partition coefficient (Wildman–Crippen LogP) is -0.428. The van der Waals surface area contributed by atoms with Crippen LogP contribution in [0.4, 0.5) is 5.69 Å². The summed E-state index contributed by atoms with van der Waals surface area (Å²) in [7, 11) is 0. The molecule has 1 rings (SSSR count). The van der Waals surface area contributed by atoms with E-state index in [1.165, 1.54) is 12.5 Å². The van der Waals surface area contributed by atoms with Gasteiger partial charge in [0.25, 0.3) is 0 Å². The molecule has 0 saturated heterocycles. The smallest absolute Gasteiger partial charge is 0.238 e. The second-order valence-corrected chi connectivity index (χ2v) is 1.67. The summed E-state index contributed by atoms with van der Waals surface area (Å²) >= 11 is 0. The van der Waals surface area contributed by atoms with E-state index in [9.17, 15) is 4.79 Å². The van der Waals surface area contributed by atoms with Crippen LogP contribution < -0.4 is 11.1 Å². The molecule has 1 heterocycles. The molecule has 0 aliphatic rings. The first-order valence-electron chi connectivity index (χ1n) is 2.72. The molecule has 0 radical (unpaired) electrons. The number of anilines is 1. The first-order valence-corrected chi connectivity index (χ1v) is 2.72. The second kappa shape index (κ2) is 2.98. The largest absolute Gasteiger partial charge is 0.363 e. The first kappa shape index (κ1) is 6.76. The average Bonchev–Trinajstić information content (AvgIpc) is 2.40. The zero-order valence-electron chi connectivity index (χ0n) is 5.20.